The van der Waals surface area contributed by atoms with Gasteiger partial charge in [0.1, 0.15) is 11.4 Å². The molecule has 4 aromatic rings. The summed E-state index contributed by atoms with van der Waals surface area (Å²) in [5.41, 5.74) is 4.33. The van der Waals surface area contributed by atoms with Crippen LogP contribution in [0.4, 0.5) is 0 Å². The first-order valence-corrected chi connectivity index (χ1v) is 8.84. The van der Waals surface area contributed by atoms with Gasteiger partial charge in [0.2, 0.25) is 0 Å². The Hall–Kier alpha value is -2.59. The number of aromatic amines is 1. The van der Waals surface area contributed by atoms with E-state index in [9.17, 15) is 0 Å². The van der Waals surface area contributed by atoms with Gasteiger partial charge in [0.05, 0.1) is 6.61 Å². The van der Waals surface area contributed by atoms with Gasteiger partial charge in [-0.05, 0) is 38.1 Å². The van der Waals surface area contributed by atoms with E-state index in [0.717, 1.165) is 27.9 Å². The van der Waals surface area contributed by atoms with Crippen molar-refractivity contribution >= 4 is 22.4 Å². The van der Waals surface area contributed by atoms with Crippen molar-refractivity contribution < 1.29 is 4.74 Å². The minimum atomic E-state index is 0.647. The van der Waals surface area contributed by atoms with Gasteiger partial charge in [-0.3, -0.25) is 0 Å². The normalized spacial score (nSPS) is 11.1. The number of nitrogens with one attached hydrogen (secondary N) is 1. The molecule has 1 aromatic carbocycles. The number of hydrogen-bond donors (Lipinski definition) is 1. The van der Waals surface area contributed by atoms with Crippen molar-refractivity contribution in [2.75, 3.05) is 6.61 Å². The summed E-state index contributed by atoms with van der Waals surface area (Å²) >= 11 is 1.80. The summed E-state index contributed by atoms with van der Waals surface area (Å²) in [7, 11) is 0. The predicted octanol–water partition coefficient (Wildman–Crippen LogP) is 5.67. The number of thiophene rings is 1. The van der Waals surface area contributed by atoms with Crippen molar-refractivity contribution in [1.82, 2.24) is 9.97 Å². The summed E-state index contributed by atoms with van der Waals surface area (Å²) < 4.78 is 5.83. The fourth-order valence-electron chi connectivity index (χ4n) is 3.02. The van der Waals surface area contributed by atoms with Crippen LogP contribution in [0, 0.1) is 6.92 Å². The number of aryl methyl sites for hydroxylation is 1. The minimum absolute atomic E-state index is 0.647. The molecular formula is C20H18N2OS. The Morgan fingerprint density at radius 2 is 1.92 bits per heavy atom. The molecule has 0 aliphatic carbocycles. The number of nitrogens with zero attached hydrogens (tertiary/aromatic N) is 1. The molecule has 0 fully saturated rings. The first kappa shape index (κ1) is 15.0. The van der Waals surface area contributed by atoms with E-state index in [1.165, 1.54) is 15.3 Å². The fraction of sp³-hybridized carbons (Fsp3) is 0.150. The average Bonchev–Trinajstić information content (AvgIpc) is 3.22. The SMILES string of the molecule is CCOc1ccccc1-c1c[nH]c2nccc(-c3ccc(C)s3)c12. The Balaban J connectivity index is 1.98. The number of benzene rings is 1. The van der Waals surface area contributed by atoms with Crippen molar-refractivity contribution in [3.8, 4) is 27.3 Å². The Bertz CT molecular complexity index is 1000. The number of rotatable bonds is 4. The molecule has 0 unspecified atom stereocenters. The Morgan fingerprint density at radius 1 is 1.04 bits per heavy atom. The first-order chi connectivity index (χ1) is 11.8. The topological polar surface area (TPSA) is 37.9 Å². The molecule has 0 aliphatic heterocycles. The molecule has 4 heteroatoms. The molecule has 0 amide bonds. The van der Waals surface area contributed by atoms with Crippen molar-refractivity contribution in [1.29, 1.82) is 0 Å². The zero-order chi connectivity index (χ0) is 16.5. The second-order valence-corrected chi connectivity index (χ2v) is 6.91. The van der Waals surface area contributed by atoms with E-state index in [2.05, 4.69) is 41.2 Å². The summed E-state index contributed by atoms with van der Waals surface area (Å²) in [6.07, 6.45) is 3.89. The molecule has 3 nitrogen and oxygen atoms in total. The van der Waals surface area contributed by atoms with E-state index in [0.29, 0.717) is 6.61 Å². The van der Waals surface area contributed by atoms with E-state index < -0.39 is 0 Å². The predicted molar refractivity (Wildman–Crippen MR) is 101 cm³/mol. The Labute approximate surface area is 145 Å². The smallest absolute Gasteiger partial charge is 0.138 e. The lowest BCUT2D eigenvalue weighted by molar-refractivity contribution is 0.341. The highest BCUT2D eigenvalue weighted by Crippen LogP contribution is 2.40. The second kappa shape index (κ2) is 6.13. The van der Waals surface area contributed by atoms with Gasteiger partial charge in [-0.25, -0.2) is 4.98 Å². The molecule has 3 aromatic heterocycles. The van der Waals surface area contributed by atoms with Gasteiger partial charge < -0.3 is 9.72 Å². The van der Waals surface area contributed by atoms with Crippen molar-refractivity contribution in [3.05, 3.63) is 59.7 Å². The maximum absolute atomic E-state index is 5.83. The molecule has 0 atom stereocenters. The quantitative estimate of drug-likeness (QED) is 0.522. The highest BCUT2D eigenvalue weighted by molar-refractivity contribution is 7.15. The molecule has 4 rings (SSSR count). The summed E-state index contributed by atoms with van der Waals surface area (Å²) in [5, 5.41) is 1.14. The maximum atomic E-state index is 5.83. The number of H-pyrrole nitrogens is 1. The molecule has 1 N–H and O–H groups in total. The number of hydrogen-bond acceptors (Lipinski definition) is 3. The molecule has 0 radical (unpaired) electrons. The average molecular weight is 334 g/mol. The van der Waals surface area contributed by atoms with Gasteiger partial charge in [0.25, 0.3) is 0 Å². The third-order valence-corrected chi connectivity index (χ3v) is 5.09. The van der Waals surface area contributed by atoms with Gasteiger partial charge in [0.15, 0.2) is 0 Å². The standard InChI is InChI=1S/C20H18N2OS/c1-3-23-17-7-5-4-6-14(17)16-12-22-20-19(16)15(10-11-21-20)18-9-8-13(2)24-18/h4-12H,3H2,1-2H3,(H,21,22). The van der Waals surface area contributed by atoms with Crippen LogP contribution in [0.15, 0.2) is 54.9 Å². The fourth-order valence-corrected chi connectivity index (χ4v) is 3.92. The van der Waals surface area contributed by atoms with E-state index in [-0.39, 0.29) is 0 Å². The molecular weight excluding hydrogens is 316 g/mol. The number of fused-ring (bicyclic) bond motifs is 1. The van der Waals surface area contributed by atoms with Crippen molar-refractivity contribution in [2.24, 2.45) is 0 Å². The van der Waals surface area contributed by atoms with Crippen LogP contribution < -0.4 is 4.74 Å². The lowest BCUT2D eigenvalue weighted by Gasteiger charge is -2.10. The van der Waals surface area contributed by atoms with Gasteiger partial charge in [0, 0.05) is 44.2 Å². The number of ether oxygens (including phenoxy) is 1. The lowest BCUT2D eigenvalue weighted by atomic mass is 10.0. The van der Waals surface area contributed by atoms with Gasteiger partial charge in [-0.2, -0.15) is 0 Å². The zero-order valence-corrected chi connectivity index (χ0v) is 14.5. The Morgan fingerprint density at radius 3 is 2.71 bits per heavy atom. The molecule has 3 heterocycles. The molecule has 120 valence electrons. The number of aromatic nitrogens is 2. The van der Waals surface area contributed by atoms with Gasteiger partial charge in [-0.15, -0.1) is 11.3 Å². The Kier molecular flexibility index (Phi) is 3.82. The van der Waals surface area contributed by atoms with Gasteiger partial charge >= 0.3 is 0 Å². The molecule has 0 saturated heterocycles. The second-order valence-electron chi connectivity index (χ2n) is 5.62. The van der Waals surface area contributed by atoms with Crippen LogP contribution in [0.5, 0.6) is 5.75 Å². The van der Waals surface area contributed by atoms with E-state index in [4.69, 9.17) is 4.74 Å². The highest BCUT2D eigenvalue weighted by Gasteiger charge is 2.16. The summed E-state index contributed by atoms with van der Waals surface area (Å²) in [6.45, 7) is 4.79. The molecule has 24 heavy (non-hydrogen) atoms. The molecule has 0 aliphatic rings. The molecule has 0 bridgehead atoms. The zero-order valence-electron chi connectivity index (χ0n) is 13.7. The van der Waals surface area contributed by atoms with Crippen LogP contribution in [0.2, 0.25) is 0 Å². The van der Waals surface area contributed by atoms with Crippen molar-refractivity contribution in [3.63, 3.8) is 0 Å². The van der Waals surface area contributed by atoms with Crippen LogP contribution in [-0.2, 0) is 0 Å². The van der Waals surface area contributed by atoms with E-state index in [1.54, 1.807) is 11.3 Å². The van der Waals surface area contributed by atoms with Crippen LogP contribution in [0.1, 0.15) is 11.8 Å². The van der Waals surface area contributed by atoms with E-state index >= 15 is 0 Å². The minimum Gasteiger partial charge on any atom is -0.493 e. The third-order valence-electron chi connectivity index (χ3n) is 4.06. The molecule has 0 saturated carbocycles. The molecule has 0 spiro atoms. The van der Waals surface area contributed by atoms with Crippen molar-refractivity contribution in [2.45, 2.75) is 13.8 Å². The highest BCUT2D eigenvalue weighted by atomic mass is 32.1. The first-order valence-electron chi connectivity index (χ1n) is 8.03. The lowest BCUT2D eigenvalue weighted by Crippen LogP contribution is -1.93. The van der Waals surface area contributed by atoms with Crippen LogP contribution in [0.3, 0.4) is 0 Å². The summed E-state index contributed by atoms with van der Waals surface area (Å²) in [5.74, 6) is 0.901. The monoisotopic (exact) mass is 334 g/mol. The van der Waals surface area contributed by atoms with E-state index in [1.807, 2.05) is 37.5 Å². The summed E-state index contributed by atoms with van der Waals surface area (Å²) in [6, 6.07) is 14.6. The largest absolute Gasteiger partial charge is 0.493 e. The van der Waals surface area contributed by atoms with Crippen LogP contribution in [0.25, 0.3) is 32.6 Å². The number of para-hydroxylation sites is 1. The van der Waals surface area contributed by atoms with Crippen LogP contribution in [-0.4, -0.2) is 16.6 Å². The van der Waals surface area contributed by atoms with Crippen LogP contribution >= 0.6 is 11.3 Å². The summed E-state index contributed by atoms with van der Waals surface area (Å²) in [4.78, 5) is 10.4. The maximum Gasteiger partial charge on any atom is 0.138 e. The number of pyridine rings is 1. The third kappa shape index (κ3) is 2.49. The van der Waals surface area contributed by atoms with Gasteiger partial charge in [-0.1, -0.05) is 18.2 Å².